The SMILES string of the molecule is [C]=C=[C]C=[C]. The van der Waals surface area contributed by atoms with Crippen LogP contribution in [0.2, 0.25) is 0 Å². The molecule has 0 nitrogen and oxygen atoms in total. The van der Waals surface area contributed by atoms with E-state index in [2.05, 4.69) is 6.08 Å². The molecular weight excluding hydrogens is 60.1 g/mol. The van der Waals surface area contributed by atoms with Crippen molar-refractivity contribution in [3.63, 3.8) is 0 Å². The third kappa shape index (κ3) is 3.26. The first-order valence-corrected chi connectivity index (χ1v) is 1.08. The van der Waals surface area contributed by atoms with E-state index < -0.39 is 0 Å². The first kappa shape index (κ1) is 4.26. The van der Waals surface area contributed by atoms with Gasteiger partial charge in [0.25, 0.3) is 0 Å². The maximum atomic E-state index is 6.18. The highest BCUT2D eigenvalue weighted by molar-refractivity contribution is 4.80. The molecule has 5 heavy (non-hydrogen) atoms. The lowest BCUT2D eigenvalue weighted by molar-refractivity contribution is 1.96. The third-order valence-corrected chi connectivity index (χ3v) is 0.144. The highest BCUT2D eigenvalue weighted by Crippen LogP contribution is 1.53. The Morgan fingerprint density at radius 1 is 1.60 bits per heavy atom. The number of hydrogen-bond acceptors (Lipinski definition) is 0. The highest BCUT2D eigenvalue weighted by Gasteiger charge is 1.40. The smallest absolute Gasteiger partial charge is 0.0498 e. The van der Waals surface area contributed by atoms with Gasteiger partial charge in [-0.15, -0.1) is 5.73 Å². The van der Waals surface area contributed by atoms with Crippen LogP contribution in [0.4, 0.5) is 0 Å². The maximum absolute atomic E-state index is 6.18. The molecule has 0 aromatic rings. The Labute approximate surface area is 32.1 Å². The first-order chi connectivity index (χ1) is 2.41. The van der Waals surface area contributed by atoms with E-state index in [-0.39, 0.29) is 0 Å². The van der Waals surface area contributed by atoms with Crippen molar-refractivity contribution in [3.8, 4) is 0 Å². The molecular formula is C5H. The second-order valence-electron chi connectivity index (χ2n) is 0.414. The molecule has 0 aliphatic rings. The molecule has 0 fully saturated rings. The average molecular weight is 61.1 g/mol. The Balaban J connectivity index is 3.31. The van der Waals surface area contributed by atoms with Crippen molar-refractivity contribution >= 4 is 0 Å². The van der Waals surface area contributed by atoms with Gasteiger partial charge in [0.2, 0.25) is 0 Å². The molecule has 21 valence electrons. The van der Waals surface area contributed by atoms with Gasteiger partial charge in [-0.05, 0) is 12.7 Å². The van der Waals surface area contributed by atoms with Gasteiger partial charge in [0.05, 0.1) is 0 Å². The standard InChI is InChI=1S/C5H/c1-3-5-4-2/h3H. The maximum Gasteiger partial charge on any atom is 0.0498 e. The zero-order chi connectivity index (χ0) is 4.12. The quantitative estimate of drug-likeness (QED) is 0.309. The monoisotopic (exact) mass is 61.0 g/mol. The van der Waals surface area contributed by atoms with Gasteiger partial charge in [-0.2, -0.15) is 0 Å². The van der Waals surface area contributed by atoms with Crippen molar-refractivity contribution in [2.45, 2.75) is 0 Å². The molecule has 0 heterocycles. The van der Waals surface area contributed by atoms with Gasteiger partial charge in [0, 0.05) is 12.7 Å². The molecule has 5 radical (unpaired) electrons. The van der Waals surface area contributed by atoms with Crippen LogP contribution in [-0.4, -0.2) is 0 Å². The van der Waals surface area contributed by atoms with Crippen molar-refractivity contribution < 1.29 is 0 Å². The Kier molecular flexibility index (Phi) is 2.78. The Morgan fingerprint density at radius 2 is 2.20 bits per heavy atom. The predicted octanol–water partition coefficient (Wildman–Crippen LogP) is 0.677. The number of rotatable bonds is 1. The van der Waals surface area contributed by atoms with Gasteiger partial charge in [-0.3, -0.25) is 0 Å². The molecule has 0 aromatic carbocycles. The van der Waals surface area contributed by atoms with E-state index in [1.165, 1.54) is 0 Å². The summed E-state index contributed by atoms with van der Waals surface area (Å²) >= 11 is 0. The van der Waals surface area contributed by atoms with Gasteiger partial charge in [0.1, 0.15) is 0 Å². The van der Waals surface area contributed by atoms with Crippen LogP contribution in [0.15, 0.2) is 11.8 Å². The van der Waals surface area contributed by atoms with Gasteiger partial charge >= 0.3 is 0 Å². The van der Waals surface area contributed by atoms with E-state index in [0.717, 1.165) is 6.08 Å². The van der Waals surface area contributed by atoms with Crippen LogP contribution in [0.25, 0.3) is 0 Å². The molecule has 0 amide bonds. The molecule has 0 saturated heterocycles. The van der Waals surface area contributed by atoms with Crippen LogP contribution in [0.1, 0.15) is 0 Å². The second-order valence-corrected chi connectivity index (χ2v) is 0.414. The average Bonchev–Trinajstić information content (AvgIpc) is 1.41. The fourth-order valence-corrected chi connectivity index (χ4v) is 0.0361. The Hall–Kier alpha value is -0.740. The number of allylic oxidation sites excluding steroid dienone is 2. The van der Waals surface area contributed by atoms with E-state index in [0.29, 0.717) is 0 Å². The Bertz CT molecular complexity index is 64.1. The van der Waals surface area contributed by atoms with E-state index in [1.54, 1.807) is 5.73 Å². The van der Waals surface area contributed by atoms with E-state index >= 15 is 0 Å². The molecule has 0 rings (SSSR count). The highest BCUT2D eigenvalue weighted by atomic mass is 13.4. The molecule has 0 spiro atoms. The van der Waals surface area contributed by atoms with Crippen molar-refractivity contribution in [1.29, 1.82) is 0 Å². The van der Waals surface area contributed by atoms with Gasteiger partial charge < -0.3 is 0 Å². The van der Waals surface area contributed by atoms with Crippen molar-refractivity contribution in [2.75, 3.05) is 0 Å². The van der Waals surface area contributed by atoms with E-state index in [9.17, 15) is 0 Å². The van der Waals surface area contributed by atoms with Crippen LogP contribution in [-0.2, 0) is 0 Å². The number of hydrogen-bond donors (Lipinski definition) is 0. The summed E-state index contributed by atoms with van der Waals surface area (Å²) in [6.45, 7) is 12.3. The fraction of sp³-hybridized carbons (Fsp3) is 0. The molecule has 0 aliphatic heterocycles. The minimum atomic E-state index is 0.882. The van der Waals surface area contributed by atoms with Crippen molar-refractivity contribution in [3.05, 3.63) is 31.0 Å². The lowest BCUT2D eigenvalue weighted by Gasteiger charge is -1.43. The van der Waals surface area contributed by atoms with E-state index in [1.807, 2.05) is 0 Å². The third-order valence-electron chi connectivity index (χ3n) is 0.144. The lowest BCUT2D eigenvalue weighted by atomic mass is 10.6. The molecule has 0 N–H and O–H groups in total. The molecule has 0 saturated carbocycles. The zero-order valence-corrected chi connectivity index (χ0v) is 2.58. The minimum Gasteiger partial charge on any atom is -0.101 e. The molecule has 0 heteroatoms. The summed E-state index contributed by atoms with van der Waals surface area (Å²) < 4.78 is 0. The summed E-state index contributed by atoms with van der Waals surface area (Å²) in [4.78, 5) is 0. The first-order valence-electron chi connectivity index (χ1n) is 1.08. The summed E-state index contributed by atoms with van der Waals surface area (Å²) in [5.41, 5.74) is 1.77. The van der Waals surface area contributed by atoms with Gasteiger partial charge in [-0.25, -0.2) is 0 Å². The molecule has 0 aromatic heterocycles. The van der Waals surface area contributed by atoms with Crippen molar-refractivity contribution in [2.24, 2.45) is 0 Å². The summed E-state index contributed by atoms with van der Waals surface area (Å²) in [5, 5.41) is 0. The second kappa shape index (κ2) is 3.26. The van der Waals surface area contributed by atoms with Crippen LogP contribution in [0.3, 0.4) is 0 Å². The van der Waals surface area contributed by atoms with Crippen LogP contribution in [0, 0.1) is 19.2 Å². The zero-order valence-electron chi connectivity index (χ0n) is 2.58. The summed E-state index contributed by atoms with van der Waals surface area (Å²) in [6.07, 6.45) is 2.95. The summed E-state index contributed by atoms with van der Waals surface area (Å²) in [5.74, 6) is 0. The minimum absolute atomic E-state index is 0.882. The molecule has 0 atom stereocenters. The predicted molar refractivity (Wildman–Crippen MR) is 17.8 cm³/mol. The van der Waals surface area contributed by atoms with Crippen molar-refractivity contribution in [1.82, 2.24) is 0 Å². The largest absolute Gasteiger partial charge is 0.101 e. The van der Waals surface area contributed by atoms with Gasteiger partial charge in [-0.1, -0.05) is 0 Å². The lowest BCUT2D eigenvalue weighted by Crippen LogP contribution is -1.30. The van der Waals surface area contributed by atoms with Crippen LogP contribution >= 0.6 is 0 Å². The van der Waals surface area contributed by atoms with Crippen LogP contribution in [0.5, 0.6) is 0 Å². The van der Waals surface area contributed by atoms with Gasteiger partial charge in [0.15, 0.2) is 0 Å². The molecule has 0 bridgehead atoms. The van der Waals surface area contributed by atoms with Crippen LogP contribution < -0.4 is 0 Å². The summed E-state index contributed by atoms with van der Waals surface area (Å²) in [7, 11) is 0. The normalized spacial score (nSPS) is 4.80. The fourth-order valence-electron chi connectivity index (χ4n) is 0.0361. The van der Waals surface area contributed by atoms with E-state index in [4.69, 9.17) is 13.2 Å². The molecule has 0 aliphatic carbocycles. The Morgan fingerprint density at radius 3 is 2.20 bits per heavy atom. The molecule has 0 unspecified atom stereocenters. The summed E-state index contributed by atoms with van der Waals surface area (Å²) in [6, 6.07) is 0. The topological polar surface area (TPSA) is 0 Å².